The molecule has 0 aliphatic heterocycles. The van der Waals surface area contributed by atoms with Gasteiger partial charge in [-0.05, 0) is 24.9 Å². The zero-order chi connectivity index (χ0) is 9.07. The topological polar surface area (TPSA) is 18.5 Å². The van der Waals surface area contributed by atoms with Gasteiger partial charge in [0.05, 0.1) is 0 Å². The maximum atomic E-state index is 5.49. The van der Waals surface area contributed by atoms with Crippen molar-refractivity contribution in [2.24, 2.45) is 0 Å². The fourth-order valence-electron chi connectivity index (χ4n) is 0.901. The lowest BCUT2D eigenvalue weighted by Crippen LogP contribution is -2.04. The van der Waals surface area contributed by atoms with Crippen LogP contribution in [0.15, 0.2) is 0 Å². The van der Waals surface area contributed by atoms with Crippen molar-refractivity contribution in [1.29, 1.82) is 0 Å². The molecule has 0 amide bonds. The van der Waals surface area contributed by atoms with Crippen molar-refractivity contribution < 1.29 is 8.85 Å². The molecule has 4 heteroatoms. The molecule has 0 saturated heterocycles. The molecular weight excluding hydrogens is 184 g/mol. The molecule has 0 aliphatic rings. The third-order valence-electron chi connectivity index (χ3n) is 1.52. The molecule has 74 valence electrons. The average Bonchev–Trinajstić information content (AvgIpc) is 2.10. The number of hydrogen-bond acceptors (Lipinski definition) is 2. The highest BCUT2D eigenvalue weighted by atomic mass is 28.2. The molecular formula is C8H22O2Si2. The Bertz CT molecular complexity index is 71.5. The van der Waals surface area contributed by atoms with Gasteiger partial charge in [-0.3, -0.25) is 0 Å². The SMILES string of the molecule is CCCO[SiH2]CC[SiH2]OCCC. The molecule has 0 aromatic rings. The van der Waals surface area contributed by atoms with E-state index in [-0.39, 0.29) is 19.5 Å². The van der Waals surface area contributed by atoms with Crippen molar-refractivity contribution in [2.75, 3.05) is 13.2 Å². The van der Waals surface area contributed by atoms with E-state index in [4.69, 9.17) is 8.85 Å². The quantitative estimate of drug-likeness (QED) is 0.411. The monoisotopic (exact) mass is 206 g/mol. The van der Waals surface area contributed by atoms with Gasteiger partial charge in [-0.25, -0.2) is 0 Å². The summed E-state index contributed by atoms with van der Waals surface area (Å²) in [5, 5.41) is 0. The predicted molar refractivity (Wildman–Crippen MR) is 59.2 cm³/mol. The van der Waals surface area contributed by atoms with E-state index >= 15 is 0 Å². The van der Waals surface area contributed by atoms with Gasteiger partial charge in [-0.1, -0.05) is 13.8 Å². The minimum atomic E-state index is -0.179. The largest absolute Gasteiger partial charge is 0.424 e. The van der Waals surface area contributed by atoms with Crippen LogP contribution in [-0.2, 0) is 8.85 Å². The highest BCUT2D eigenvalue weighted by molar-refractivity contribution is 6.34. The Hall–Kier alpha value is 0.354. The molecule has 0 rings (SSSR count). The van der Waals surface area contributed by atoms with E-state index in [1.165, 1.54) is 12.1 Å². The summed E-state index contributed by atoms with van der Waals surface area (Å²) in [5.74, 6) is 0. The van der Waals surface area contributed by atoms with E-state index < -0.39 is 0 Å². The zero-order valence-corrected chi connectivity index (χ0v) is 11.3. The lowest BCUT2D eigenvalue weighted by atomic mass is 10.5. The van der Waals surface area contributed by atoms with E-state index in [9.17, 15) is 0 Å². The van der Waals surface area contributed by atoms with Crippen molar-refractivity contribution in [2.45, 2.75) is 38.8 Å². The Morgan fingerprint density at radius 3 is 1.58 bits per heavy atom. The molecule has 0 spiro atoms. The first-order valence-corrected chi connectivity index (χ1v) is 8.22. The lowest BCUT2D eigenvalue weighted by Gasteiger charge is -2.02. The van der Waals surface area contributed by atoms with Crippen molar-refractivity contribution in [1.82, 2.24) is 0 Å². The maximum absolute atomic E-state index is 5.49. The zero-order valence-electron chi connectivity index (χ0n) is 8.47. The molecule has 0 aliphatic carbocycles. The van der Waals surface area contributed by atoms with E-state index in [2.05, 4.69) is 13.8 Å². The fourth-order valence-corrected chi connectivity index (χ4v) is 3.93. The van der Waals surface area contributed by atoms with E-state index in [1.54, 1.807) is 0 Å². The molecule has 0 atom stereocenters. The van der Waals surface area contributed by atoms with Gasteiger partial charge in [0, 0.05) is 13.2 Å². The van der Waals surface area contributed by atoms with Crippen LogP contribution in [-0.4, -0.2) is 32.7 Å². The summed E-state index contributed by atoms with van der Waals surface area (Å²) >= 11 is 0. The van der Waals surface area contributed by atoms with Crippen LogP contribution in [0.4, 0.5) is 0 Å². The summed E-state index contributed by atoms with van der Waals surface area (Å²) in [6, 6.07) is 2.66. The van der Waals surface area contributed by atoms with E-state index in [0.29, 0.717) is 0 Å². The van der Waals surface area contributed by atoms with Gasteiger partial charge in [0.1, 0.15) is 0 Å². The third kappa shape index (κ3) is 10.4. The standard InChI is InChI=1S/C8H22O2Si2/c1-3-5-9-11-7-8-12-10-6-4-2/h3-8,11-12H2,1-2H3. The van der Waals surface area contributed by atoms with Gasteiger partial charge >= 0.3 is 0 Å². The second kappa shape index (κ2) is 11.4. The predicted octanol–water partition coefficient (Wildman–Crippen LogP) is 0.844. The maximum Gasteiger partial charge on any atom is 0.161 e. The van der Waals surface area contributed by atoms with Crippen LogP contribution in [0.2, 0.25) is 12.1 Å². The van der Waals surface area contributed by atoms with Gasteiger partial charge in [0.2, 0.25) is 0 Å². The van der Waals surface area contributed by atoms with Gasteiger partial charge in [0.25, 0.3) is 0 Å². The minimum Gasteiger partial charge on any atom is -0.424 e. The highest BCUT2D eigenvalue weighted by Gasteiger charge is 1.91. The van der Waals surface area contributed by atoms with Crippen molar-refractivity contribution in [3.05, 3.63) is 0 Å². The average molecular weight is 206 g/mol. The van der Waals surface area contributed by atoms with Crippen LogP contribution < -0.4 is 0 Å². The summed E-state index contributed by atoms with van der Waals surface area (Å²) < 4.78 is 11.0. The summed E-state index contributed by atoms with van der Waals surface area (Å²) in [6.45, 7) is 6.27. The van der Waals surface area contributed by atoms with Crippen molar-refractivity contribution in [3.63, 3.8) is 0 Å². The van der Waals surface area contributed by atoms with E-state index in [1.807, 2.05) is 0 Å². The molecule has 0 aromatic heterocycles. The van der Waals surface area contributed by atoms with Gasteiger partial charge in [0.15, 0.2) is 19.5 Å². The summed E-state index contributed by atoms with van der Waals surface area (Å²) in [7, 11) is -0.358. The van der Waals surface area contributed by atoms with Crippen molar-refractivity contribution >= 4 is 19.5 Å². The molecule has 2 nitrogen and oxygen atoms in total. The molecule has 0 bridgehead atoms. The van der Waals surface area contributed by atoms with Gasteiger partial charge < -0.3 is 8.85 Å². The van der Waals surface area contributed by atoms with Gasteiger partial charge in [-0.2, -0.15) is 0 Å². The molecule has 0 heterocycles. The molecule has 0 fully saturated rings. The van der Waals surface area contributed by atoms with Crippen LogP contribution in [0.25, 0.3) is 0 Å². The first kappa shape index (κ1) is 12.4. The second-order valence-electron chi connectivity index (χ2n) is 2.93. The minimum absolute atomic E-state index is 0.179. The first-order chi connectivity index (χ1) is 5.91. The Balaban J connectivity index is 2.73. The Morgan fingerprint density at radius 1 is 0.833 bits per heavy atom. The van der Waals surface area contributed by atoms with Crippen LogP contribution in [0.1, 0.15) is 26.7 Å². The Kier molecular flexibility index (Phi) is 11.7. The van der Waals surface area contributed by atoms with Crippen LogP contribution in [0.3, 0.4) is 0 Å². The Labute approximate surface area is 80.9 Å². The molecule has 0 unspecified atom stereocenters. The molecule has 0 aromatic carbocycles. The molecule has 0 N–H and O–H groups in total. The first-order valence-electron chi connectivity index (χ1n) is 5.07. The molecule has 12 heavy (non-hydrogen) atoms. The summed E-state index contributed by atoms with van der Waals surface area (Å²) in [4.78, 5) is 0. The lowest BCUT2D eigenvalue weighted by molar-refractivity contribution is 0.329. The Morgan fingerprint density at radius 2 is 1.25 bits per heavy atom. The second-order valence-corrected chi connectivity index (χ2v) is 5.98. The van der Waals surface area contributed by atoms with Crippen LogP contribution >= 0.6 is 0 Å². The fraction of sp³-hybridized carbons (Fsp3) is 1.00. The normalized spacial score (nSPS) is 12.5. The summed E-state index contributed by atoms with van der Waals surface area (Å²) in [5.41, 5.74) is 0. The van der Waals surface area contributed by atoms with Gasteiger partial charge in [-0.15, -0.1) is 0 Å². The number of hydrogen-bond donors (Lipinski definition) is 0. The highest BCUT2D eigenvalue weighted by Crippen LogP contribution is 1.91. The van der Waals surface area contributed by atoms with Crippen LogP contribution in [0.5, 0.6) is 0 Å². The van der Waals surface area contributed by atoms with Crippen molar-refractivity contribution in [3.8, 4) is 0 Å². The number of rotatable bonds is 9. The molecule has 0 saturated carbocycles. The molecule has 0 radical (unpaired) electrons. The summed E-state index contributed by atoms with van der Waals surface area (Å²) in [6.07, 6.45) is 2.33. The third-order valence-corrected chi connectivity index (χ3v) is 5.26. The smallest absolute Gasteiger partial charge is 0.161 e. The van der Waals surface area contributed by atoms with Crippen LogP contribution in [0, 0.1) is 0 Å². The van der Waals surface area contributed by atoms with E-state index in [0.717, 1.165) is 26.1 Å².